The Bertz CT molecular complexity index is 418. The Morgan fingerprint density at radius 2 is 1.90 bits per heavy atom. The molecule has 5 heteroatoms. The lowest BCUT2D eigenvalue weighted by molar-refractivity contribution is -0.116. The van der Waals surface area contributed by atoms with E-state index in [1.165, 1.54) is 25.7 Å². The van der Waals surface area contributed by atoms with E-state index in [4.69, 9.17) is 11.6 Å². The van der Waals surface area contributed by atoms with Crippen LogP contribution < -0.4 is 5.32 Å². The standard InChI is InChI=1S/C15H21ClN2O.ClH/c16-13-6-5-7-14(12-13)17-15(19)8-11-18-9-3-1-2-4-10-18;/h5-7,12H,1-4,8-11H2,(H,17,19);1H. The van der Waals surface area contributed by atoms with E-state index in [2.05, 4.69) is 10.2 Å². The van der Waals surface area contributed by atoms with Gasteiger partial charge in [-0.3, -0.25) is 4.79 Å². The number of amides is 1. The first kappa shape index (κ1) is 17.3. The molecule has 112 valence electrons. The summed E-state index contributed by atoms with van der Waals surface area (Å²) >= 11 is 5.89. The minimum absolute atomic E-state index is 0. The van der Waals surface area contributed by atoms with Gasteiger partial charge in [-0.25, -0.2) is 0 Å². The average Bonchev–Trinajstić information content (AvgIpc) is 2.65. The normalized spacial score (nSPS) is 16.1. The second-order valence-corrected chi connectivity index (χ2v) is 5.50. The van der Waals surface area contributed by atoms with Gasteiger partial charge in [-0.15, -0.1) is 12.4 Å². The summed E-state index contributed by atoms with van der Waals surface area (Å²) in [6, 6.07) is 7.27. The highest BCUT2D eigenvalue weighted by molar-refractivity contribution is 6.30. The third-order valence-corrected chi connectivity index (χ3v) is 3.70. The lowest BCUT2D eigenvalue weighted by Gasteiger charge is -2.19. The lowest BCUT2D eigenvalue weighted by atomic mass is 10.2. The fourth-order valence-corrected chi connectivity index (χ4v) is 2.60. The average molecular weight is 317 g/mol. The zero-order chi connectivity index (χ0) is 13.5. The van der Waals surface area contributed by atoms with E-state index < -0.39 is 0 Å². The van der Waals surface area contributed by atoms with Crippen LogP contribution in [0.2, 0.25) is 5.02 Å². The van der Waals surface area contributed by atoms with Crippen molar-refractivity contribution in [1.29, 1.82) is 0 Å². The SMILES string of the molecule is Cl.O=C(CCN1CCCCCC1)Nc1cccc(Cl)c1. The van der Waals surface area contributed by atoms with E-state index in [9.17, 15) is 4.79 Å². The van der Waals surface area contributed by atoms with E-state index >= 15 is 0 Å². The van der Waals surface area contributed by atoms with Crippen LogP contribution in [0.25, 0.3) is 0 Å². The van der Waals surface area contributed by atoms with Crippen LogP contribution in [-0.2, 0) is 4.79 Å². The highest BCUT2D eigenvalue weighted by atomic mass is 35.5. The smallest absolute Gasteiger partial charge is 0.225 e. The number of anilines is 1. The lowest BCUT2D eigenvalue weighted by Crippen LogP contribution is -2.28. The maximum absolute atomic E-state index is 11.9. The van der Waals surface area contributed by atoms with Crippen molar-refractivity contribution in [2.75, 3.05) is 25.0 Å². The molecule has 1 heterocycles. The van der Waals surface area contributed by atoms with Crippen molar-refractivity contribution in [3.05, 3.63) is 29.3 Å². The first-order chi connectivity index (χ1) is 9.24. The van der Waals surface area contributed by atoms with Gasteiger partial charge in [-0.2, -0.15) is 0 Å². The van der Waals surface area contributed by atoms with Crippen LogP contribution >= 0.6 is 24.0 Å². The summed E-state index contributed by atoms with van der Waals surface area (Å²) in [7, 11) is 0. The first-order valence-electron chi connectivity index (χ1n) is 7.02. The van der Waals surface area contributed by atoms with Gasteiger partial charge < -0.3 is 10.2 Å². The van der Waals surface area contributed by atoms with Gasteiger partial charge in [0, 0.05) is 23.7 Å². The summed E-state index contributed by atoms with van der Waals surface area (Å²) in [4.78, 5) is 14.3. The summed E-state index contributed by atoms with van der Waals surface area (Å²) in [5.41, 5.74) is 0.772. The van der Waals surface area contributed by atoms with Crippen LogP contribution in [0.3, 0.4) is 0 Å². The number of hydrogen-bond acceptors (Lipinski definition) is 2. The van der Waals surface area contributed by atoms with Gasteiger partial charge in [0.25, 0.3) is 0 Å². The monoisotopic (exact) mass is 316 g/mol. The predicted molar refractivity (Wildman–Crippen MR) is 86.9 cm³/mol. The molecule has 1 N–H and O–H groups in total. The van der Waals surface area contributed by atoms with Crippen LogP contribution in [-0.4, -0.2) is 30.4 Å². The maximum atomic E-state index is 11.9. The van der Waals surface area contributed by atoms with Crippen molar-refractivity contribution in [3.63, 3.8) is 0 Å². The van der Waals surface area contributed by atoms with Gasteiger partial charge in [0.2, 0.25) is 5.91 Å². The molecule has 1 aromatic carbocycles. The van der Waals surface area contributed by atoms with Crippen molar-refractivity contribution >= 4 is 35.6 Å². The highest BCUT2D eigenvalue weighted by Crippen LogP contribution is 2.15. The van der Waals surface area contributed by atoms with Gasteiger partial charge in [-0.05, 0) is 44.1 Å². The Morgan fingerprint density at radius 3 is 2.55 bits per heavy atom. The van der Waals surface area contributed by atoms with Crippen molar-refractivity contribution in [1.82, 2.24) is 4.90 Å². The second-order valence-electron chi connectivity index (χ2n) is 5.06. The number of nitrogens with one attached hydrogen (secondary N) is 1. The van der Waals surface area contributed by atoms with Crippen LogP contribution in [0.15, 0.2) is 24.3 Å². The van der Waals surface area contributed by atoms with Crippen LogP contribution in [0.1, 0.15) is 32.1 Å². The molecule has 0 saturated carbocycles. The number of carbonyl (C=O) groups is 1. The largest absolute Gasteiger partial charge is 0.326 e. The molecule has 1 amide bonds. The number of rotatable bonds is 4. The number of nitrogens with zero attached hydrogens (tertiary/aromatic N) is 1. The predicted octanol–water partition coefficient (Wildman–Crippen LogP) is 3.97. The summed E-state index contributed by atoms with van der Waals surface area (Å²) in [5, 5.41) is 3.53. The Labute approximate surface area is 132 Å². The van der Waals surface area contributed by atoms with Crippen LogP contribution in [0.5, 0.6) is 0 Å². The van der Waals surface area contributed by atoms with Gasteiger partial charge in [0.15, 0.2) is 0 Å². The topological polar surface area (TPSA) is 32.3 Å². The molecular weight excluding hydrogens is 295 g/mol. The molecule has 0 atom stereocenters. The fraction of sp³-hybridized carbons (Fsp3) is 0.533. The van der Waals surface area contributed by atoms with E-state index in [1.807, 2.05) is 12.1 Å². The molecule has 0 bridgehead atoms. The van der Waals surface area contributed by atoms with Gasteiger partial charge in [0.05, 0.1) is 0 Å². The molecule has 0 aliphatic carbocycles. The molecule has 1 fully saturated rings. The van der Waals surface area contributed by atoms with E-state index in [1.54, 1.807) is 12.1 Å². The van der Waals surface area contributed by atoms with E-state index in [0.29, 0.717) is 11.4 Å². The summed E-state index contributed by atoms with van der Waals surface area (Å²) in [6.07, 6.45) is 5.72. The third kappa shape index (κ3) is 6.12. The number of likely N-dealkylation sites (tertiary alicyclic amines) is 1. The van der Waals surface area contributed by atoms with Crippen molar-refractivity contribution < 1.29 is 4.79 Å². The molecule has 0 unspecified atom stereocenters. The van der Waals surface area contributed by atoms with Gasteiger partial charge >= 0.3 is 0 Å². The number of hydrogen-bond donors (Lipinski definition) is 1. The molecule has 1 aliphatic rings. The highest BCUT2D eigenvalue weighted by Gasteiger charge is 2.10. The molecule has 1 aliphatic heterocycles. The van der Waals surface area contributed by atoms with Crippen LogP contribution in [0.4, 0.5) is 5.69 Å². The number of halogens is 2. The fourth-order valence-electron chi connectivity index (χ4n) is 2.41. The zero-order valence-electron chi connectivity index (χ0n) is 11.6. The second kappa shape index (κ2) is 9.22. The molecular formula is C15H22Cl2N2O. The summed E-state index contributed by atoms with van der Waals surface area (Å²) in [6.45, 7) is 3.11. The number of benzene rings is 1. The molecule has 2 rings (SSSR count). The Balaban J connectivity index is 0.00000200. The molecule has 0 spiro atoms. The van der Waals surface area contributed by atoms with E-state index in [0.717, 1.165) is 25.3 Å². The summed E-state index contributed by atoms with van der Waals surface area (Å²) < 4.78 is 0. The molecule has 1 aromatic rings. The zero-order valence-corrected chi connectivity index (χ0v) is 13.2. The van der Waals surface area contributed by atoms with E-state index in [-0.39, 0.29) is 18.3 Å². The molecule has 1 saturated heterocycles. The molecule has 0 radical (unpaired) electrons. The minimum atomic E-state index is 0. The van der Waals surface area contributed by atoms with Crippen molar-refractivity contribution in [2.45, 2.75) is 32.1 Å². The molecule has 0 aromatic heterocycles. The quantitative estimate of drug-likeness (QED) is 0.911. The first-order valence-corrected chi connectivity index (χ1v) is 7.39. The van der Waals surface area contributed by atoms with Gasteiger partial charge in [-0.1, -0.05) is 30.5 Å². The Kier molecular flexibility index (Phi) is 7.97. The van der Waals surface area contributed by atoms with Gasteiger partial charge in [0.1, 0.15) is 0 Å². The molecule has 3 nitrogen and oxygen atoms in total. The van der Waals surface area contributed by atoms with Crippen molar-refractivity contribution in [2.24, 2.45) is 0 Å². The summed E-state index contributed by atoms with van der Waals surface area (Å²) in [5.74, 6) is 0.0616. The minimum Gasteiger partial charge on any atom is -0.326 e. The third-order valence-electron chi connectivity index (χ3n) is 3.46. The Hall–Kier alpha value is -0.770. The molecule has 20 heavy (non-hydrogen) atoms. The van der Waals surface area contributed by atoms with Crippen molar-refractivity contribution in [3.8, 4) is 0 Å². The van der Waals surface area contributed by atoms with Crippen LogP contribution in [0, 0.1) is 0 Å². The Morgan fingerprint density at radius 1 is 1.20 bits per heavy atom. The number of carbonyl (C=O) groups excluding carboxylic acids is 1. The maximum Gasteiger partial charge on any atom is 0.225 e.